The Morgan fingerprint density at radius 1 is 0.862 bits per heavy atom. The van der Waals surface area contributed by atoms with Crippen molar-refractivity contribution < 1.29 is 42.9 Å². The summed E-state index contributed by atoms with van der Waals surface area (Å²) < 4.78 is 21.0. The predicted molar refractivity (Wildman–Crippen MR) is 93.3 cm³/mol. The Bertz CT molecular complexity index is 845. The number of carbonyl (C=O) groups is 5. The molecule has 0 aliphatic carbocycles. The summed E-state index contributed by atoms with van der Waals surface area (Å²) in [5.41, 5.74) is 0.486. The number of amides is 2. The van der Waals surface area contributed by atoms with Gasteiger partial charge in [-0.25, -0.2) is 0 Å². The van der Waals surface area contributed by atoms with Crippen LogP contribution in [-0.4, -0.2) is 65.8 Å². The van der Waals surface area contributed by atoms with Gasteiger partial charge < -0.3 is 18.9 Å². The number of fused-ring (bicyclic) bond motifs is 1. The molecule has 29 heavy (non-hydrogen) atoms. The molecular formula is C19H19NO9. The number of benzene rings is 1. The maximum absolute atomic E-state index is 12.6. The quantitative estimate of drug-likeness (QED) is 0.389. The molecular weight excluding hydrogens is 386 g/mol. The highest BCUT2D eigenvalue weighted by Crippen LogP contribution is 2.31. The van der Waals surface area contributed by atoms with Crippen LogP contribution in [0.1, 0.15) is 41.5 Å². The van der Waals surface area contributed by atoms with Gasteiger partial charge in [-0.2, -0.15) is 0 Å². The molecule has 154 valence electrons. The minimum atomic E-state index is -1.36. The van der Waals surface area contributed by atoms with Crippen LogP contribution < -0.4 is 0 Å². The summed E-state index contributed by atoms with van der Waals surface area (Å²) >= 11 is 0. The number of imide groups is 1. The second kappa shape index (κ2) is 8.00. The van der Waals surface area contributed by atoms with Gasteiger partial charge in [-0.1, -0.05) is 12.1 Å². The molecule has 4 atom stereocenters. The van der Waals surface area contributed by atoms with Gasteiger partial charge in [0.15, 0.2) is 6.10 Å². The van der Waals surface area contributed by atoms with Crippen LogP contribution in [-0.2, 0) is 33.3 Å². The number of hydrogen-bond donors (Lipinski definition) is 0. The molecule has 0 aromatic heterocycles. The third kappa shape index (κ3) is 4.11. The van der Waals surface area contributed by atoms with Crippen LogP contribution in [0.5, 0.6) is 0 Å². The van der Waals surface area contributed by atoms with Gasteiger partial charge in [-0.3, -0.25) is 28.9 Å². The van der Waals surface area contributed by atoms with Gasteiger partial charge in [0.05, 0.1) is 17.7 Å². The van der Waals surface area contributed by atoms with Crippen molar-refractivity contribution in [1.29, 1.82) is 0 Å². The van der Waals surface area contributed by atoms with Crippen LogP contribution in [0, 0.1) is 0 Å². The molecule has 0 spiro atoms. The van der Waals surface area contributed by atoms with Crippen LogP contribution in [0.3, 0.4) is 0 Å². The lowest BCUT2D eigenvalue weighted by atomic mass is 10.1. The molecule has 0 N–H and O–H groups in total. The summed E-state index contributed by atoms with van der Waals surface area (Å²) in [6, 6.07) is 6.32. The fourth-order valence-corrected chi connectivity index (χ4v) is 3.33. The molecule has 10 nitrogen and oxygen atoms in total. The topological polar surface area (TPSA) is 126 Å². The summed E-state index contributed by atoms with van der Waals surface area (Å²) in [5.74, 6) is -3.19. The number of rotatable bonds is 5. The van der Waals surface area contributed by atoms with Gasteiger partial charge in [0, 0.05) is 20.8 Å². The molecule has 1 fully saturated rings. The van der Waals surface area contributed by atoms with Crippen molar-refractivity contribution >= 4 is 29.7 Å². The van der Waals surface area contributed by atoms with E-state index in [1.807, 2.05) is 0 Å². The van der Waals surface area contributed by atoms with Gasteiger partial charge >= 0.3 is 17.9 Å². The third-order valence-electron chi connectivity index (χ3n) is 4.39. The second-order valence-corrected chi connectivity index (χ2v) is 6.57. The van der Waals surface area contributed by atoms with Gasteiger partial charge in [0.2, 0.25) is 12.4 Å². The van der Waals surface area contributed by atoms with Gasteiger partial charge in [-0.15, -0.1) is 0 Å². The Morgan fingerprint density at radius 3 is 1.83 bits per heavy atom. The van der Waals surface area contributed by atoms with E-state index in [4.69, 9.17) is 18.9 Å². The first-order chi connectivity index (χ1) is 13.7. The maximum atomic E-state index is 12.6. The first kappa shape index (κ1) is 20.5. The predicted octanol–water partition coefficient (Wildman–Crippen LogP) is 0.434. The average Bonchev–Trinajstić information content (AvgIpc) is 3.05. The van der Waals surface area contributed by atoms with E-state index < -0.39 is 54.3 Å². The lowest BCUT2D eigenvalue weighted by molar-refractivity contribution is -0.195. The zero-order chi connectivity index (χ0) is 21.3. The van der Waals surface area contributed by atoms with Crippen molar-refractivity contribution in [1.82, 2.24) is 4.90 Å². The number of carbonyl (C=O) groups excluding carboxylic acids is 5. The smallest absolute Gasteiger partial charge is 0.305 e. The van der Waals surface area contributed by atoms with E-state index in [1.54, 1.807) is 12.1 Å². The van der Waals surface area contributed by atoms with Crippen molar-refractivity contribution in [2.24, 2.45) is 0 Å². The highest BCUT2D eigenvalue weighted by Gasteiger charge is 2.53. The average molecular weight is 405 g/mol. The molecule has 0 radical (unpaired) electrons. The zero-order valence-electron chi connectivity index (χ0n) is 15.9. The third-order valence-corrected chi connectivity index (χ3v) is 4.39. The summed E-state index contributed by atoms with van der Waals surface area (Å²) in [5, 5.41) is 0. The second-order valence-electron chi connectivity index (χ2n) is 6.57. The van der Waals surface area contributed by atoms with Crippen molar-refractivity contribution in [2.75, 3.05) is 6.54 Å². The molecule has 2 aliphatic rings. The number of ether oxygens (including phenoxy) is 4. The first-order valence-electron chi connectivity index (χ1n) is 8.81. The highest BCUT2D eigenvalue weighted by atomic mass is 16.7. The number of hydrogen-bond acceptors (Lipinski definition) is 9. The normalized spacial score (nSPS) is 25.6. The fourth-order valence-electron chi connectivity index (χ4n) is 3.33. The minimum absolute atomic E-state index is 0.243. The van der Waals surface area contributed by atoms with Crippen LogP contribution in [0.25, 0.3) is 0 Å². The first-order valence-corrected chi connectivity index (χ1v) is 8.81. The molecule has 2 aliphatic heterocycles. The molecule has 2 heterocycles. The van der Waals surface area contributed by atoms with Crippen molar-refractivity contribution in [2.45, 2.75) is 45.4 Å². The van der Waals surface area contributed by atoms with E-state index in [2.05, 4.69) is 0 Å². The minimum Gasteiger partial charge on any atom is -0.455 e. The van der Waals surface area contributed by atoms with Crippen LogP contribution >= 0.6 is 0 Å². The van der Waals surface area contributed by atoms with Gasteiger partial charge in [-0.05, 0) is 12.1 Å². The van der Waals surface area contributed by atoms with Gasteiger partial charge in [0.1, 0.15) is 6.10 Å². The van der Waals surface area contributed by atoms with Crippen LogP contribution in [0.15, 0.2) is 24.3 Å². The Kier molecular flexibility index (Phi) is 5.64. The summed E-state index contributed by atoms with van der Waals surface area (Å²) in [7, 11) is 0. The van der Waals surface area contributed by atoms with E-state index in [0.29, 0.717) is 0 Å². The van der Waals surface area contributed by atoms with E-state index in [1.165, 1.54) is 12.1 Å². The summed E-state index contributed by atoms with van der Waals surface area (Å²) in [6.45, 7) is 3.11. The lowest BCUT2D eigenvalue weighted by Crippen LogP contribution is -2.45. The molecule has 1 saturated heterocycles. The molecule has 1 aromatic rings. The molecule has 0 saturated carbocycles. The van der Waals surface area contributed by atoms with Gasteiger partial charge in [0.25, 0.3) is 11.8 Å². The SMILES string of the molecule is CC(=O)O[C@H]1O[C@H](CN2C(=O)c3ccccc3C2=O)[C@@H](OC(C)=O)[C@H]1OC(C)=O. The van der Waals surface area contributed by atoms with E-state index in [0.717, 1.165) is 25.7 Å². The van der Waals surface area contributed by atoms with Crippen LogP contribution in [0.4, 0.5) is 0 Å². The lowest BCUT2D eigenvalue weighted by Gasteiger charge is -2.24. The van der Waals surface area contributed by atoms with E-state index in [9.17, 15) is 24.0 Å². The van der Waals surface area contributed by atoms with Crippen molar-refractivity contribution in [3.8, 4) is 0 Å². The Morgan fingerprint density at radius 2 is 1.34 bits per heavy atom. The largest absolute Gasteiger partial charge is 0.455 e. The van der Waals surface area contributed by atoms with Crippen molar-refractivity contribution in [3.05, 3.63) is 35.4 Å². The van der Waals surface area contributed by atoms with Crippen molar-refractivity contribution in [3.63, 3.8) is 0 Å². The zero-order valence-corrected chi connectivity index (χ0v) is 15.9. The highest BCUT2D eigenvalue weighted by molar-refractivity contribution is 6.21. The Balaban J connectivity index is 1.87. The molecule has 0 bridgehead atoms. The maximum Gasteiger partial charge on any atom is 0.305 e. The molecule has 0 unspecified atom stereocenters. The summed E-state index contributed by atoms with van der Waals surface area (Å²) in [6.07, 6.45) is -4.87. The molecule has 1 aromatic carbocycles. The Labute approximate surface area is 165 Å². The Hall–Kier alpha value is -3.27. The van der Waals surface area contributed by atoms with Crippen LogP contribution in [0.2, 0.25) is 0 Å². The molecule has 3 rings (SSSR count). The number of esters is 3. The van der Waals surface area contributed by atoms with E-state index in [-0.39, 0.29) is 17.7 Å². The molecule has 10 heteroatoms. The monoisotopic (exact) mass is 405 g/mol. The van der Waals surface area contributed by atoms with E-state index >= 15 is 0 Å². The fraction of sp³-hybridized carbons (Fsp3) is 0.421. The number of nitrogens with zero attached hydrogens (tertiary/aromatic N) is 1. The molecule has 2 amide bonds. The summed E-state index contributed by atoms with van der Waals surface area (Å²) in [4.78, 5) is 60.6. The standard InChI is InChI=1S/C19H19NO9/c1-9(21)26-15-14(29-19(28-11(3)23)16(15)27-10(2)22)8-20-17(24)12-6-4-5-7-13(12)18(20)25/h4-7,14-16,19H,8H2,1-3H3/t14-,15-,16-,19+/m1/s1.